The second kappa shape index (κ2) is 6.01. The van der Waals surface area contributed by atoms with E-state index in [1.807, 2.05) is 26.0 Å². The van der Waals surface area contributed by atoms with Gasteiger partial charge >= 0.3 is 0 Å². The summed E-state index contributed by atoms with van der Waals surface area (Å²) in [6.45, 7) is 12.1. The first-order valence-corrected chi connectivity index (χ1v) is 6.52. The molecule has 0 aromatic carbocycles. The van der Waals surface area contributed by atoms with E-state index >= 15 is 0 Å². The number of rotatable bonds is 0. The van der Waals surface area contributed by atoms with Gasteiger partial charge in [-0.1, -0.05) is 52.8 Å². The first-order valence-electron chi connectivity index (χ1n) is 6.52. The fourth-order valence-electron chi connectivity index (χ4n) is 2.36. The summed E-state index contributed by atoms with van der Waals surface area (Å²) in [6.07, 6.45) is 5.34. The predicted molar refractivity (Wildman–Crippen MR) is 69.4 cm³/mol. The summed E-state index contributed by atoms with van der Waals surface area (Å²) < 4.78 is 5.55. The molecule has 0 aromatic heterocycles. The fourth-order valence-corrected chi connectivity index (χ4v) is 2.36. The Morgan fingerprint density at radius 2 is 1.71 bits per heavy atom. The van der Waals surface area contributed by atoms with Crippen LogP contribution in [0.3, 0.4) is 0 Å². The SMILES string of the molecule is C=C1NC(=O)C2C3C=CC(O3)C12.CC.CCC. The summed E-state index contributed by atoms with van der Waals surface area (Å²) >= 11 is 0. The highest BCUT2D eigenvalue weighted by molar-refractivity contribution is 5.86. The van der Waals surface area contributed by atoms with Gasteiger partial charge in [-0.05, 0) is 0 Å². The molecule has 17 heavy (non-hydrogen) atoms. The molecule has 3 aliphatic rings. The maximum Gasteiger partial charge on any atom is 0.230 e. The molecule has 1 N–H and O–H groups in total. The van der Waals surface area contributed by atoms with E-state index in [-0.39, 0.29) is 30.0 Å². The lowest BCUT2D eigenvalue weighted by molar-refractivity contribution is -0.123. The summed E-state index contributed by atoms with van der Waals surface area (Å²) in [5.41, 5.74) is 0.821. The Balaban J connectivity index is 0.000000256. The largest absolute Gasteiger partial charge is 0.365 e. The first-order chi connectivity index (χ1) is 8.19. The lowest BCUT2D eigenvalue weighted by Gasteiger charge is -2.13. The van der Waals surface area contributed by atoms with E-state index in [0.717, 1.165) is 5.70 Å². The zero-order chi connectivity index (χ0) is 13.0. The zero-order valence-electron chi connectivity index (χ0n) is 11.2. The van der Waals surface area contributed by atoms with Crippen molar-refractivity contribution >= 4 is 5.91 Å². The lowest BCUT2D eigenvalue weighted by Crippen LogP contribution is -2.26. The number of nitrogens with one attached hydrogen (secondary N) is 1. The van der Waals surface area contributed by atoms with Crippen molar-refractivity contribution in [2.75, 3.05) is 0 Å². The van der Waals surface area contributed by atoms with Crippen LogP contribution in [0.1, 0.15) is 34.1 Å². The molecule has 3 rings (SSSR count). The molecule has 3 heterocycles. The van der Waals surface area contributed by atoms with E-state index in [1.165, 1.54) is 6.42 Å². The van der Waals surface area contributed by atoms with E-state index < -0.39 is 0 Å². The highest BCUT2D eigenvalue weighted by atomic mass is 16.5. The molecule has 1 amide bonds. The highest BCUT2D eigenvalue weighted by Gasteiger charge is 2.54. The van der Waals surface area contributed by atoms with Crippen molar-refractivity contribution in [2.45, 2.75) is 46.3 Å². The fraction of sp³-hybridized carbons (Fsp3) is 0.643. The molecule has 0 aromatic rings. The van der Waals surface area contributed by atoms with Gasteiger partial charge < -0.3 is 10.1 Å². The van der Waals surface area contributed by atoms with Gasteiger partial charge in [0.25, 0.3) is 0 Å². The minimum atomic E-state index is -0.00694. The van der Waals surface area contributed by atoms with Crippen molar-refractivity contribution in [3.8, 4) is 0 Å². The summed E-state index contributed by atoms with van der Waals surface area (Å²) in [5.74, 6) is 0.252. The van der Waals surface area contributed by atoms with Gasteiger partial charge in [0, 0.05) is 11.6 Å². The quantitative estimate of drug-likeness (QED) is 0.658. The van der Waals surface area contributed by atoms with Crippen LogP contribution in [0, 0.1) is 11.8 Å². The first kappa shape index (κ1) is 14.0. The van der Waals surface area contributed by atoms with Gasteiger partial charge in [0.1, 0.15) is 0 Å². The van der Waals surface area contributed by atoms with Crippen LogP contribution in [-0.2, 0) is 9.53 Å². The average molecular weight is 237 g/mol. The van der Waals surface area contributed by atoms with Gasteiger partial charge in [-0.3, -0.25) is 4.79 Å². The summed E-state index contributed by atoms with van der Waals surface area (Å²) in [7, 11) is 0. The summed E-state index contributed by atoms with van der Waals surface area (Å²) in [4.78, 5) is 11.4. The lowest BCUT2D eigenvalue weighted by atomic mass is 9.84. The van der Waals surface area contributed by atoms with Crippen LogP contribution >= 0.6 is 0 Å². The summed E-state index contributed by atoms with van der Waals surface area (Å²) in [6, 6.07) is 0. The van der Waals surface area contributed by atoms with Gasteiger partial charge in [0.05, 0.1) is 18.1 Å². The Bertz CT molecular complexity index is 294. The minimum absolute atomic E-state index is 0.000694. The van der Waals surface area contributed by atoms with Crippen LogP contribution in [0.2, 0.25) is 0 Å². The van der Waals surface area contributed by atoms with Gasteiger partial charge in [-0.25, -0.2) is 0 Å². The van der Waals surface area contributed by atoms with Crippen LogP contribution in [0.4, 0.5) is 0 Å². The molecule has 3 aliphatic heterocycles. The van der Waals surface area contributed by atoms with Gasteiger partial charge in [-0.15, -0.1) is 0 Å². The van der Waals surface area contributed by atoms with Gasteiger partial charge in [0.15, 0.2) is 0 Å². The molecule has 0 spiro atoms. The predicted octanol–water partition coefficient (Wildman–Crippen LogP) is 2.64. The maximum atomic E-state index is 11.4. The van der Waals surface area contributed by atoms with Crippen molar-refractivity contribution in [1.82, 2.24) is 5.32 Å². The van der Waals surface area contributed by atoms with Crippen LogP contribution in [-0.4, -0.2) is 18.1 Å². The van der Waals surface area contributed by atoms with E-state index in [1.54, 1.807) is 0 Å². The molecule has 3 nitrogen and oxygen atoms in total. The van der Waals surface area contributed by atoms with Crippen molar-refractivity contribution in [3.05, 3.63) is 24.4 Å². The minimum Gasteiger partial charge on any atom is -0.365 e. The number of carbonyl (C=O) groups excluding carboxylic acids is 1. The van der Waals surface area contributed by atoms with Gasteiger partial charge in [-0.2, -0.15) is 0 Å². The molecule has 0 saturated carbocycles. The van der Waals surface area contributed by atoms with Crippen molar-refractivity contribution < 1.29 is 9.53 Å². The number of fused-ring (bicyclic) bond motifs is 5. The van der Waals surface area contributed by atoms with Gasteiger partial charge in [0.2, 0.25) is 5.91 Å². The number of hydrogen-bond donors (Lipinski definition) is 1. The smallest absolute Gasteiger partial charge is 0.230 e. The number of carbonyl (C=O) groups is 1. The summed E-state index contributed by atoms with van der Waals surface area (Å²) in [5, 5.41) is 2.77. The van der Waals surface area contributed by atoms with Crippen LogP contribution in [0.5, 0.6) is 0 Å². The van der Waals surface area contributed by atoms with Crippen LogP contribution in [0.15, 0.2) is 24.4 Å². The molecule has 2 saturated heterocycles. The maximum absolute atomic E-state index is 11.4. The molecule has 0 aliphatic carbocycles. The molecule has 3 heteroatoms. The number of hydrogen-bond acceptors (Lipinski definition) is 2. The average Bonchev–Trinajstić information content (AvgIpc) is 2.97. The Morgan fingerprint density at radius 1 is 1.24 bits per heavy atom. The monoisotopic (exact) mass is 237 g/mol. The Labute approximate surface area is 104 Å². The zero-order valence-corrected chi connectivity index (χ0v) is 11.2. The van der Waals surface area contributed by atoms with E-state index in [9.17, 15) is 4.79 Å². The topological polar surface area (TPSA) is 38.3 Å². The number of ether oxygens (including phenoxy) is 1. The third kappa shape index (κ3) is 2.44. The standard InChI is InChI=1S/C9H9NO2.C3H8.C2H6/c1-4-7-5-2-3-6(12-5)8(7)9(11)10-4;1-3-2;1-2/h2-3,5-8H,1H2,(H,10,11);3H2,1-2H3;1-2H3. The number of amides is 1. The molecule has 2 bridgehead atoms. The van der Waals surface area contributed by atoms with Crippen LogP contribution in [0.25, 0.3) is 0 Å². The molecular formula is C14H23NO2. The van der Waals surface area contributed by atoms with Crippen molar-refractivity contribution in [3.63, 3.8) is 0 Å². The molecular weight excluding hydrogens is 214 g/mol. The Kier molecular flexibility index (Phi) is 4.94. The van der Waals surface area contributed by atoms with Crippen molar-refractivity contribution in [2.24, 2.45) is 11.8 Å². The van der Waals surface area contributed by atoms with Crippen molar-refractivity contribution in [1.29, 1.82) is 0 Å². The normalized spacial score (nSPS) is 35.5. The molecule has 4 atom stereocenters. The van der Waals surface area contributed by atoms with E-state index in [2.05, 4.69) is 25.7 Å². The Morgan fingerprint density at radius 3 is 2.18 bits per heavy atom. The second-order valence-electron chi connectivity index (χ2n) is 4.22. The second-order valence-corrected chi connectivity index (χ2v) is 4.22. The molecule has 4 unspecified atom stereocenters. The van der Waals surface area contributed by atoms with E-state index in [4.69, 9.17) is 4.74 Å². The van der Waals surface area contributed by atoms with E-state index in [0.29, 0.717) is 0 Å². The molecule has 0 radical (unpaired) electrons. The molecule has 96 valence electrons. The van der Waals surface area contributed by atoms with Crippen LogP contribution < -0.4 is 5.32 Å². The highest BCUT2D eigenvalue weighted by Crippen LogP contribution is 2.45. The Hall–Kier alpha value is -1.09. The third-order valence-corrected chi connectivity index (χ3v) is 2.89. The third-order valence-electron chi connectivity index (χ3n) is 2.89. The molecule has 2 fully saturated rings.